The summed E-state index contributed by atoms with van der Waals surface area (Å²) in [5.41, 5.74) is 0. The van der Waals surface area contributed by atoms with Crippen molar-refractivity contribution in [1.29, 1.82) is 0 Å². The molecule has 3 nitrogen and oxygen atoms in total. The van der Waals surface area contributed by atoms with Crippen LogP contribution in [0.15, 0.2) is 12.1 Å². The first kappa shape index (κ1) is 9.48. The van der Waals surface area contributed by atoms with E-state index in [1.807, 2.05) is 13.8 Å². The van der Waals surface area contributed by atoms with Gasteiger partial charge in [0.1, 0.15) is 0 Å². The predicted molar refractivity (Wildman–Crippen MR) is 49.9 cm³/mol. The molecule has 0 aliphatic heterocycles. The van der Waals surface area contributed by atoms with Crippen molar-refractivity contribution < 1.29 is 4.92 Å². The van der Waals surface area contributed by atoms with Gasteiger partial charge < -0.3 is 0 Å². The van der Waals surface area contributed by atoms with Crippen LogP contribution in [0, 0.1) is 10.1 Å². The van der Waals surface area contributed by atoms with Crippen LogP contribution in [0.5, 0.6) is 0 Å². The second-order valence-corrected chi connectivity index (χ2v) is 4.87. The van der Waals surface area contributed by atoms with Gasteiger partial charge in [-0.3, -0.25) is 10.1 Å². The zero-order valence-electron chi connectivity index (χ0n) is 6.70. The summed E-state index contributed by atoms with van der Waals surface area (Å²) in [4.78, 5) is 10.2. The van der Waals surface area contributed by atoms with E-state index in [0.717, 1.165) is 16.2 Å². The minimum Gasteiger partial charge on any atom is -0.258 e. The van der Waals surface area contributed by atoms with E-state index in [2.05, 4.69) is 0 Å². The predicted octanol–water partition coefficient (Wildman–Crippen LogP) is 3.13. The van der Waals surface area contributed by atoms with E-state index >= 15 is 0 Å². The molecule has 0 aromatic carbocycles. The van der Waals surface area contributed by atoms with Crippen LogP contribution in [0.1, 0.15) is 18.7 Å². The minimum atomic E-state index is -0.515. The number of nitrogens with zero attached hydrogens (tertiary/aromatic N) is 1. The summed E-state index contributed by atoms with van der Waals surface area (Å²) in [6, 6.07) is 3.17. The number of halogens is 1. The van der Waals surface area contributed by atoms with Crippen LogP contribution in [0.2, 0.25) is 0 Å². The Morgan fingerprint density at radius 2 is 2.17 bits per heavy atom. The summed E-state index contributed by atoms with van der Waals surface area (Å²) in [7, 11) is 0. The third kappa shape index (κ3) is 1.95. The van der Waals surface area contributed by atoms with Gasteiger partial charge in [0.05, 0.1) is 9.80 Å². The van der Waals surface area contributed by atoms with Gasteiger partial charge in [0.2, 0.25) is 0 Å². The highest BCUT2D eigenvalue weighted by atomic mass is 35.5. The Morgan fingerprint density at radius 1 is 1.58 bits per heavy atom. The van der Waals surface area contributed by atoms with Gasteiger partial charge >= 0.3 is 5.00 Å². The molecule has 0 fully saturated rings. The first-order valence-corrected chi connectivity index (χ1v) is 4.54. The quantitative estimate of drug-likeness (QED) is 0.423. The van der Waals surface area contributed by atoms with Crippen molar-refractivity contribution in [2.75, 3.05) is 0 Å². The maximum atomic E-state index is 10.3. The van der Waals surface area contributed by atoms with Gasteiger partial charge in [0.25, 0.3) is 0 Å². The van der Waals surface area contributed by atoms with Gasteiger partial charge in [0, 0.05) is 10.9 Å². The lowest BCUT2D eigenvalue weighted by Crippen LogP contribution is -2.03. The molecule has 0 saturated heterocycles. The van der Waals surface area contributed by atoms with Crippen molar-refractivity contribution in [3.63, 3.8) is 0 Å². The van der Waals surface area contributed by atoms with E-state index in [4.69, 9.17) is 11.6 Å². The maximum absolute atomic E-state index is 10.3. The molecule has 0 spiro atoms. The molecular weight excluding hydrogens is 198 g/mol. The highest BCUT2D eigenvalue weighted by molar-refractivity contribution is 7.15. The SMILES string of the molecule is CC(C)(Cl)c1ccc([N+](=O)[O-])s1. The molecule has 1 rings (SSSR count). The van der Waals surface area contributed by atoms with Crippen LogP contribution in [-0.4, -0.2) is 4.92 Å². The molecule has 0 aliphatic rings. The van der Waals surface area contributed by atoms with Crippen LogP contribution in [-0.2, 0) is 4.87 Å². The molecule has 66 valence electrons. The Kier molecular flexibility index (Phi) is 2.39. The molecule has 0 N–H and O–H groups in total. The van der Waals surface area contributed by atoms with Crippen LogP contribution >= 0.6 is 22.9 Å². The summed E-state index contributed by atoms with van der Waals surface area (Å²) in [6.45, 7) is 3.62. The first-order valence-electron chi connectivity index (χ1n) is 3.35. The van der Waals surface area contributed by atoms with E-state index in [1.54, 1.807) is 6.07 Å². The molecule has 0 radical (unpaired) electrons. The Bertz CT molecular complexity index is 303. The van der Waals surface area contributed by atoms with Gasteiger partial charge in [-0.2, -0.15) is 0 Å². The first-order chi connectivity index (χ1) is 5.41. The largest absolute Gasteiger partial charge is 0.324 e. The highest BCUT2D eigenvalue weighted by Gasteiger charge is 2.21. The van der Waals surface area contributed by atoms with Gasteiger partial charge in [-0.1, -0.05) is 11.3 Å². The normalized spacial score (nSPS) is 11.6. The van der Waals surface area contributed by atoms with Crippen molar-refractivity contribution in [2.24, 2.45) is 0 Å². The van der Waals surface area contributed by atoms with Gasteiger partial charge in [-0.15, -0.1) is 11.6 Å². The molecule has 1 aromatic rings. The smallest absolute Gasteiger partial charge is 0.258 e. The molecule has 0 unspecified atom stereocenters. The fourth-order valence-electron chi connectivity index (χ4n) is 0.745. The van der Waals surface area contributed by atoms with E-state index < -0.39 is 9.80 Å². The second-order valence-electron chi connectivity index (χ2n) is 2.87. The van der Waals surface area contributed by atoms with Crippen molar-refractivity contribution in [3.8, 4) is 0 Å². The minimum absolute atomic E-state index is 0.138. The standard InChI is InChI=1S/C7H8ClNO2S/c1-7(2,8)5-3-4-6(12-5)9(10)11/h3-4H,1-2H3. The van der Waals surface area contributed by atoms with Crippen molar-refractivity contribution in [3.05, 3.63) is 27.1 Å². The summed E-state index contributed by atoms with van der Waals surface area (Å²) in [6.07, 6.45) is 0. The summed E-state index contributed by atoms with van der Waals surface area (Å²) in [5.74, 6) is 0. The topological polar surface area (TPSA) is 43.1 Å². The lowest BCUT2D eigenvalue weighted by Gasteiger charge is -2.11. The van der Waals surface area contributed by atoms with E-state index in [9.17, 15) is 10.1 Å². The summed E-state index contributed by atoms with van der Waals surface area (Å²) < 4.78 is 0. The molecule has 5 heteroatoms. The molecule has 0 aliphatic carbocycles. The van der Waals surface area contributed by atoms with Crippen LogP contribution in [0.4, 0.5) is 5.00 Å². The maximum Gasteiger partial charge on any atom is 0.324 e. The number of rotatable bonds is 2. The molecule has 12 heavy (non-hydrogen) atoms. The molecule has 1 aromatic heterocycles. The second kappa shape index (κ2) is 3.03. The lowest BCUT2D eigenvalue weighted by atomic mass is 10.2. The van der Waals surface area contributed by atoms with Gasteiger partial charge in [-0.05, 0) is 19.9 Å². The Labute approximate surface area is 79.1 Å². The number of alkyl halides is 1. The number of hydrogen-bond donors (Lipinski definition) is 0. The zero-order valence-corrected chi connectivity index (χ0v) is 8.28. The molecule has 0 saturated carbocycles. The highest BCUT2D eigenvalue weighted by Crippen LogP contribution is 2.36. The molecule has 0 atom stereocenters. The van der Waals surface area contributed by atoms with E-state index in [0.29, 0.717) is 0 Å². The third-order valence-corrected chi connectivity index (χ3v) is 3.03. The number of hydrogen-bond acceptors (Lipinski definition) is 3. The average molecular weight is 206 g/mol. The lowest BCUT2D eigenvalue weighted by molar-refractivity contribution is -0.380. The van der Waals surface area contributed by atoms with Crippen LogP contribution < -0.4 is 0 Å². The number of nitro groups is 1. The van der Waals surface area contributed by atoms with Crippen LogP contribution in [0.3, 0.4) is 0 Å². The van der Waals surface area contributed by atoms with E-state index in [-0.39, 0.29) is 5.00 Å². The Hall–Kier alpha value is -0.610. The fraction of sp³-hybridized carbons (Fsp3) is 0.429. The van der Waals surface area contributed by atoms with Gasteiger partial charge in [0.15, 0.2) is 0 Å². The molecule has 0 amide bonds. The zero-order chi connectivity index (χ0) is 9.35. The Balaban J connectivity index is 3.00. The van der Waals surface area contributed by atoms with Gasteiger partial charge in [-0.25, -0.2) is 0 Å². The fourth-order valence-corrected chi connectivity index (χ4v) is 1.74. The van der Waals surface area contributed by atoms with Crippen LogP contribution in [0.25, 0.3) is 0 Å². The third-order valence-electron chi connectivity index (χ3n) is 1.36. The Morgan fingerprint density at radius 3 is 2.42 bits per heavy atom. The molecule has 0 bridgehead atoms. The average Bonchev–Trinajstić information content (AvgIpc) is 2.30. The van der Waals surface area contributed by atoms with Crippen molar-refractivity contribution in [2.45, 2.75) is 18.7 Å². The monoisotopic (exact) mass is 205 g/mol. The molecular formula is C7H8ClNO2S. The van der Waals surface area contributed by atoms with Crippen molar-refractivity contribution in [1.82, 2.24) is 0 Å². The van der Waals surface area contributed by atoms with E-state index in [1.165, 1.54) is 6.07 Å². The number of thiophene rings is 1. The summed E-state index contributed by atoms with van der Waals surface area (Å²) in [5, 5.41) is 10.5. The molecule has 1 heterocycles. The van der Waals surface area contributed by atoms with Crippen molar-refractivity contribution >= 4 is 27.9 Å². The summed E-state index contributed by atoms with van der Waals surface area (Å²) >= 11 is 7.08.